The maximum Gasteiger partial charge on any atom is 0.333 e. The summed E-state index contributed by atoms with van der Waals surface area (Å²) < 4.78 is 0. The summed E-state index contributed by atoms with van der Waals surface area (Å²) in [5.41, 5.74) is 0.480. The van der Waals surface area contributed by atoms with Gasteiger partial charge in [-0.15, -0.1) is 5.06 Å². The van der Waals surface area contributed by atoms with Crippen LogP contribution in [0.1, 0.15) is 51.9 Å². The topological polar surface area (TPSA) is 92.8 Å². The zero-order valence-electron chi connectivity index (χ0n) is 12.9. The summed E-state index contributed by atoms with van der Waals surface area (Å²) >= 11 is 0. The maximum absolute atomic E-state index is 11.5. The fourth-order valence-corrected chi connectivity index (χ4v) is 1.91. The number of hydrogen-bond donors (Lipinski definition) is 1. The normalized spacial score (nSPS) is 14.1. The molecule has 0 unspecified atom stereocenters. The molecule has 0 aromatic rings. The van der Waals surface area contributed by atoms with Gasteiger partial charge in [0, 0.05) is 31.4 Å². The molecule has 0 atom stereocenters. The van der Waals surface area contributed by atoms with Crippen LogP contribution in [0.15, 0.2) is 12.2 Å². The summed E-state index contributed by atoms with van der Waals surface area (Å²) in [6.45, 7) is 5.77. The SMILES string of the molecule is C=C(C)C(=O)NCCCCCCC(=O)ON1C(=O)CCC1=O. The van der Waals surface area contributed by atoms with E-state index in [9.17, 15) is 19.2 Å². The first kappa shape index (κ1) is 17.9. The second-order valence-electron chi connectivity index (χ2n) is 5.25. The van der Waals surface area contributed by atoms with E-state index in [-0.39, 0.29) is 25.2 Å². The molecule has 0 spiro atoms. The number of hydrogen-bond acceptors (Lipinski definition) is 5. The smallest absolute Gasteiger partial charge is 0.333 e. The third-order valence-corrected chi connectivity index (χ3v) is 3.18. The number of hydroxylamine groups is 2. The Morgan fingerprint density at radius 3 is 2.32 bits per heavy atom. The van der Waals surface area contributed by atoms with Crippen molar-refractivity contribution in [3.8, 4) is 0 Å². The van der Waals surface area contributed by atoms with Crippen LogP contribution in [0.25, 0.3) is 0 Å². The minimum absolute atomic E-state index is 0.0992. The van der Waals surface area contributed by atoms with Gasteiger partial charge in [0.15, 0.2) is 0 Å². The molecular weight excluding hydrogens is 288 g/mol. The van der Waals surface area contributed by atoms with E-state index in [1.54, 1.807) is 6.92 Å². The number of carbonyl (C=O) groups is 4. The van der Waals surface area contributed by atoms with Crippen LogP contribution in [0.5, 0.6) is 0 Å². The average molecular weight is 310 g/mol. The fourth-order valence-electron chi connectivity index (χ4n) is 1.91. The first-order valence-corrected chi connectivity index (χ1v) is 7.42. The Morgan fingerprint density at radius 1 is 1.14 bits per heavy atom. The van der Waals surface area contributed by atoms with Crippen molar-refractivity contribution in [2.45, 2.75) is 51.9 Å². The van der Waals surface area contributed by atoms with Crippen LogP contribution in [0.3, 0.4) is 0 Å². The third-order valence-electron chi connectivity index (χ3n) is 3.18. The Bertz CT molecular complexity index is 457. The van der Waals surface area contributed by atoms with E-state index in [1.165, 1.54) is 0 Å². The average Bonchev–Trinajstić information content (AvgIpc) is 2.77. The summed E-state index contributed by atoms with van der Waals surface area (Å²) in [5.74, 6) is -1.65. The van der Waals surface area contributed by atoms with Gasteiger partial charge in [-0.1, -0.05) is 19.4 Å². The standard InChI is InChI=1S/C15H22N2O5/c1-11(2)15(21)16-10-6-4-3-5-7-14(20)22-17-12(18)8-9-13(17)19/h1,3-10H2,2H3,(H,16,21). The highest BCUT2D eigenvalue weighted by atomic mass is 16.7. The number of imide groups is 1. The molecule has 0 aromatic heterocycles. The highest BCUT2D eigenvalue weighted by Gasteiger charge is 2.32. The summed E-state index contributed by atoms with van der Waals surface area (Å²) in [7, 11) is 0. The van der Waals surface area contributed by atoms with E-state index in [0.717, 1.165) is 19.3 Å². The lowest BCUT2D eigenvalue weighted by Gasteiger charge is -2.12. The van der Waals surface area contributed by atoms with Crippen LogP contribution in [-0.2, 0) is 24.0 Å². The highest BCUT2D eigenvalue weighted by molar-refractivity contribution is 6.01. The number of carbonyl (C=O) groups excluding carboxylic acids is 4. The second-order valence-corrected chi connectivity index (χ2v) is 5.25. The van der Waals surface area contributed by atoms with E-state index in [4.69, 9.17) is 4.84 Å². The van der Waals surface area contributed by atoms with Crippen molar-refractivity contribution in [2.24, 2.45) is 0 Å². The summed E-state index contributed by atoms with van der Waals surface area (Å²) in [6.07, 6.45) is 3.46. The Morgan fingerprint density at radius 2 is 1.73 bits per heavy atom. The van der Waals surface area contributed by atoms with Crippen LogP contribution < -0.4 is 5.32 Å². The second kappa shape index (κ2) is 8.96. The van der Waals surface area contributed by atoms with Crippen molar-refractivity contribution in [3.63, 3.8) is 0 Å². The van der Waals surface area contributed by atoms with Gasteiger partial charge in [-0.05, 0) is 19.8 Å². The molecule has 1 aliphatic rings. The lowest BCUT2D eigenvalue weighted by molar-refractivity contribution is -0.197. The van der Waals surface area contributed by atoms with Gasteiger partial charge in [0.25, 0.3) is 11.8 Å². The molecular formula is C15H22N2O5. The molecule has 0 aromatic carbocycles. The van der Waals surface area contributed by atoms with Crippen LogP contribution in [0.2, 0.25) is 0 Å². The van der Waals surface area contributed by atoms with Gasteiger partial charge in [0.2, 0.25) is 5.91 Å². The number of nitrogens with one attached hydrogen (secondary N) is 1. The zero-order chi connectivity index (χ0) is 16.5. The van der Waals surface area contributed by atoms with Crippen molar-refractivity contribution in [3.05, 3.63) is 12.2 Å². The number of unbranched alkanes of at least 4 members (excludes halogenated alkanes) is 3. The first-order valence-electron chi connectivity index (χ1n) is 7.42. The van der Waals surface area contributed by atoms with Gasteiger partial charge in [-0.25, -0.2) is 4.79 Å². The van der Waals surface area contributed by atoms with Gasteiger partial charge in [0.05, 0.1) is 0 Å². The molecule has 3 amide bonds. The van der Waals surface area contributed by atoms with Crippen LogP contribution >= 0.6 is 0 Å². The van der Waals surface area contributed by atoms with Gasteiger partial charge in [-0.3, -0.25) is 14.4 Å². The van der Waals surface area contributed by atoms with E-state index in [1.807, 2.05) is 0 Å². The minimum Gasteiger partial charge on any atom is -0.352 e. The molecule has 1 saturated heterocycles. The Balaban J connectivity index is 2.04. The summed E-state index contributed by atoms with van der Waals surface area (Å²) in [6, 6.07) is 0. The number of amides is 3. The Kier molecular flexibility index (Phi) is 7.28. The zero-order valence-corrected chi connectivity index (χ0v) is 12.9. The predicted octanol–water partition coefficient (Wildman–Crippen LogP) is 1.24. The third kappa shape index (κ3) is 6.07. The molecule has 1 heterocycles. The van der Waals surface area contributed by atoms with Crippen LogP contribution in [0, 0.1) is 0 Å². The van der Waals surface area contributed by atoms with Gasteiger partial charge in [0.1, 0.15) is 0 Å². The maximum atomic E-state index is 11.5. The number of nitrogens with zero attached hydrogens (tertiary/aromatic N) is 1. The van der Waals surface area contributed by atoms with E-state index in [0.29, 0.717) is 23.6 Å². The lowest BCUT2D eigenvalue weighted by Crippen LogP contribution is -2.31. The van der Waals surface area contributed by atoms with Gasteiger partial charge < -0.3 is 10.2 Å². The number of rotatable bonds is 9. The molecule has 1 fully saturated rings. The lowest BCUT2D eigenvalue weighted by atomic mass is 10.1. The Hall–Kier alpha value is -2.18. The predicted molar refractivity (Wildman–Crippen MR) is 78.1 cm³/mol. The molecule has 22 heavy (non-hydrogen) atoms. The molecule has 1 aliphatic heterocycles. The van der Waals surface area contributed by atoms with Crippen molar-refractivity contribution in [2.75, 3.05) is 6.54 Å². The van der Waals surface area contributed by atoms with Crippen molar-refractivity contribution in [1.29, 1.82) is 0 Å². The molecule has 1 rings (SSSR count). The van der Waals surface area contributed by atoms with Crippen molar-refractivity contribution >= 4 is 23.7 Å². The van der Waals surface area contributed by atoms with Crippen LogP contribution in [-0.4, -0.2) is 35.3 Å². The largest absolute Gasteiger partial charge is 0.352 e. The Labute approximate surface area is 129 Å². The van der Waals surface area contributed by atoms with Gasteiger partial charge >= 0.3 is 5.97 Å². The monoisotopic (exact) mass is 310 g/mol. The molecule has 0 bridgehead atoms. The molecule has 7 nitrogen and oxygen atoms in total. The first-order chi connectivity index (χ1) is 10.4. The quantitative estimate of drug-likeness (QED) is 0.393. The molecule has 7 heteroatoms. The van der Waals surface area contributed by atoms with Crippen molar-refractivity contribution < 1.29 is 24.0 Å². The summed E-state index contributed by atoms with van der Waals surface area (Å²) in [5, 5.41) is 3.29. The van der Waals surface area contributed by atoms with E-state index in [2.05, 4.69) is 11.9 Å². The van der Waals surface area contributed by atoms with E-state index < -0.39 is 17.8 Å². The van der Waals surface area contributed by atoms with Crippen LogP contribution in [0.4, 0.5) is 0 Å². The van der Waals surface area contributed by atoms with Crippen molar-refractivity contribution in [1.82, 2.24) is 10.4 Å². The molecule has 0 aliphatic carbocycles. The molecule has 0 radical (unpaired) electrons. The highest BCUT2D eigenvalue weighted by Crippen LogP contribution is 2.13. The summed E-state index contributed by atoms with van der Waals surface area (Å²) in [4.78, 5) is 50.0. The minimum atomic E-state index is -0.570. The molecule has 0 saturated carbocycles. The molecule has 1 N–H and O–H groups in total. The van der Waals surface area contributed by atoms with Gasteiger partial charge in [-0.2, -0.15) is 0 Å². The van der Waals surface area contributed by atoms with E-state index >= 15 is 0 Å². The fraction of sp³-hybridized carbons (Fsp3) is 0.600. The molecule has 122 valence electrons.